The van der Waals surface area contributed by atoms with Gasteiger partial charge in [0.15, 0.2) is 0 Å². The Bertz CT molecular complexity index is 460. The molecule has 0 atom stereocenters. The molecule has 102 valence electrons. The minimum atomic E-state index is 0.586. The third kappa shape index (κ3) is 3.93. The number of aryl methyl sites for hydroxylation is 1. The van der Waals surface area contributed by atoms with E-state index in [-0.39, 0.29) is 0 Å². The largest absolute Gasteiger partial charge is 0.329 e. The first-order valence-electron chi connectivity index (χ1n) is 6.96. The van der Waals surface area contributed by atoms with Crippen LogP contribution in [0.3, 0.4) is 0 Å². The zero-order valence-electron chi connectivity index (χ0n) is 11.8. The van der Waals surface area contributed by atoms with Crippen LogP contribution >= 0.6 is 0 Å². The molecule has 1 aliphatic carbocycles. The Labute approximate surface area is 115 Å². The van der Waals surface area contributed by atoms with Gasteiger partial charge < -0.3 is 10.2 Å². The molecule has 1 aliphatic rings. The van der Waals surface area contributed by atoms with Crippen LogP contribution in [0.25, 0.3) is 0 Å². The predicted molar refractivity (Wildman–Crippen MR) is 77.9 cm³/mol. The molecule has 0 radical (unpaired) electrons. The number of terminal acetylenes is 1. The average Bonchev–Trinajstić information content (AvgIpc) is 3.21. The van der Waals surface area contributed by atoms with Crippen molar-refractivity contribution in [1.82, 2.24) is 15.3 Å². The number of nitrogens with one attached hydrogen (secondary N) is 1. The highest BCUT2D eigenvalue weighted by Crippen LogP contribution is 2.30. The van der Waals surface area contributed by atoms with Crippen molar-refractivity contribution in [2.75, 3.05) is 24.5 Å². The summed E-state index contributed by atoms with van der Waals surface area (Å²) in [4.78, 5) is 11.2. The van der Waals surface area contributed by atoms with Gasteiger partial charge in [-0.25, -0.2) is 9.97 Å². The van der Waals surface area contributed by atoms with Gasteiger partial charge >= 0.3 is 0 Å². The second-order valence-electron chi connectivity index (χ2n) is 5.09. The first-order chi connectivity index (χ1) is 9.24. The van der Waals surface area contributed by atoms with Crippen molar-refractivity contribution in [1.29, 1.82) is 0 Å². The van der Waals surface area contributed by atoms with E-state index >= 15 is 0 Å². The van der Waals surface area contributed by atoms with Gasteiger partial charge in [-0.15, -0.1) is 6.42 Å². The summed E-state index contributed by atoms with van der Waals surface area (Å²) in [6, 6.07) is 0. The summed E-state index contributed by atoms with van der Waals surface area (Å²) in [7, 11) is 0. The minimum absolute atomic E-state index is 0.586. The number of hydrogen-bond acceptors (Lipinski definition) is 4. The van der Waals surface area contributed by atoms with Gasteiger partial charge in [-0.3, -0.25) is 0 Å². The van der Waals surface area contributed by atoms with E-state index in [1.165, 1.54) is 12.8 Å². The first kappa shape index (κ1) is 13.8. The highest BCUT2D eigenvalue weighted by atomic mass is 15.2. The van der Waals surface area contributed by atoms with Crippen molar-refractivity contribution in [3.63, 3.8) is 0 Å². The van der Waals surface area contributed by atoms with Gasteiger partial charge in [-0.05, 0) is 32.2 Å². The molecule has 1 N–H and O–H groups in total. The lowest BCUT2D eigenvalue weighted by atomic mass is 10.2. The molecule has 0 bridgehead atoms. The fourth-order valence-electron chi connectivity index (χ4n) is 2.00. The molecule has 0 aromatic carbocycles. The van der Waals surface area contributed by atoms with Crippen molar-refractivity contribution in [2.45, 2.75) is 33.2 Å². The lowest BCUT2D eigenvalue weighted by molar-refractivity contribution is 0.706. The topological polar surface area (TPSA) is 41.1 Å². The molecular formula is C15H22N4. The lowest BCUT2D eigenvalue weighted by Crippen LogP contribution is -2.28. The van der Waals surface area contributed by atoms with E-state index in [1.807, 2.05) is 13.1 Å². The van der Waals surface area contributed by atoms with Crippen LogP contribution in [0.15, 0.2) is 6.20 Å². The summed E-state index contributed by atoms with van der Waals surface area (Å²) >= 11 is 0. The lowest BCUT2D eigenvalue weighted by Gasteiger charge is -2.20. The molecule has 1 heterocycles. The monoisotopic (exact) mass is 258 g/mol. The van der Waals surface area contributed by atoms with Crippen molar-refractivity contribution in [2.24, 2.45) is 5.92 Å². The van der Waals surface area contributed by atoms with E-state index < -0.39 is 0 Å². The van der Waals surface area contributed by atoms with E-state index in [0.29, 0.717) is 6.54 Å². The number of rotatable bonds is 7. The van der Waals surface area contributed by atoms with Crippen LogP contribution in [-0.2, 0) is 6.54 Å². The molecule has 1 saturated carbocycles. The highest BCUT2D eigenvalue weighted by Gasteiger charge is 2.25. The van der Waals surface area contributed by atoms with Crippen LogP contribution in [0.1, 0.15) is 31.0 Å². The standard InChI is InChI=1S/C15H22N4/c1-4-8-19(11-13-6-7-13)15-17-10-14(9-16-5-2)12(3)18-15/h1,10,13,16H,5-9,11H2,2-3H3. The average molecular weight is 258 g/mol. The Hall–Kier alpha value is -1.60. The number of hydrogen-bond donors (Lipinski definition) is 1. The predicted octanol–water partition coefficient (Wildman–Crippen LogP) is 1.74. The first-order valence-corrected chi connectivity index (χ1v) is 6.96. The van der Waals surface area contributed by atoms with Crippen LogP contribution in [0.5, 0.6) is 0 Å². The summed E-state index contributed by atoms with van der Waals surface area (Å²) in [6.07, 6.45) is 9.96. The fourth-order valence-corrected chi connectivity index (χ4v) is 2.00. The van der Waals surface area contributed by atoms with Gasteiger partial charge in [-0.1, -0.05) is 12.8 Å². The molecule has 0 amide bonds. The molecule has 2 rings (SSSR count). The van der Waals surface area contributed by atoms with Crippen LogP contribution in [-0.4, -0.2) is 29.6 Å². The quantitative estimate of drug-likeness (QED) is 0.756. The van der Waals surface area contributed by atoms with Crippen LogP contribution < -0.4 is 10.2 Å². The maximum absolute atomic E-state index is 5.44. The second kappa shape index (κ2) is 6.53. The molecule has 0 spiro atoms. The molecule has 1 aromatic rings. The summed E-state index contributed by atoms with van der Waals surface area (Å²) in [5.41, 5.74) is 2.18. The highest BCUT2D eigenvalue weighted by molar-refractivity contribution is 5.35. The summed E-state index contributed by atoms with van der Waals surface area (Å²) in [5.74, 6) is 4.24. The van der Waals surface area contributed by atoms with Gasteiger partial charge in [0, 0.05) is 30.5 Å². The van der Waals surface area contributed by atoms with Gasteiger partial charge in [0.1, 0.15) is 0 Å². The molecule has 4 heteroatoms. The van der Waals surface area contributed by atoms with Crippen LogP contribution in [0.2, 0.25) is 0 Å². The van der Waals surface area contributed by atoms with Gasteiger partial charge in [0.05, 0.1) is 6.54 Å². The van der Waals surface area contributed by atoms with Gasteiger partial charge in [-0.2, -0.15) is 0 Å². The normalized spacial score (nSPS) is 14.2. The third-order valence-corrected chi connectivity index (χ3v) is 3.37. The summed E-state index contributed by atoms with van der Waals surface area (Å²) in [5, 5.41) is 3.30. The molecule has 0 aliphatic heterocycles. The SMILES string of the molecule is C#CCN(CC1CC1)c1ncc(CNCC)c(C)n1. The molecule has 19 heavy (non-hydrogen) atoms. The van der Waals surface area contributed by atoms with E-state index in [1.54, 1.807) is 0 Å². The van der Waals surface area contributed by atoms with Crippen molar-refractivity contribution < 1.29 is 0 Å². The van der Waals surface area contributed by atoms with Crippen molar-refractivity contribution in [3.8, 4) is 12.3 Å². The Morgan fingerprint density at radius 3 is 2.89 bits per heavy atom. The van der Waals surface area contributed by atoms with Gasteiger partial charge in [0.25, 0.3) is 0 Å². The zero-order chi connectivity index (χ0) is 13.7. The Morgan fingerprint density at radius 2 is 2.32 bits per heavy atom. The Morgan fingerprint density at radius 1 is 1.53 bits per heavy atom. The second-order valence-corrected chi connectivity index (χ2v) is 5.09. The maximum atomic E-state index is 5.44. The molecule has 0 unspecified atom stereocenters. The van der Waals surface area contributed by atoms with E-state index in [0.717, 1.165) is 42.8 Å². The van der Waals surface area contributed by atoms with Crippen LogP contribution in [0.4, 0.5) is 5.95 Å². The number of nitrogens with zero attached hydrogens (tertiary/aromatic N) is 3. The van der Waals surface area contributed by atoms with Crippen LogP contribution in [0, 0.1) is 25.2 Å². The van der Waals surface area contributed by atoms with E-state index in [2.05, 4.69) is 33.0 Å². The fraction of sp³-hybridized carbons (Fsp3) is 0.600. The number of aromatic nitrogens is 2. The molecular weight excluding hydrogens is 236 g/mol. The number of anilines is 1. The Balaban J connectivity index is 2.09. The third-order valence-electron chi connectivity index (χ3n) is 3.37. The smallest absolute Gasteiger partial charge is 0.226 e. The van der Waals surface area contributed by atoms with Gasteiger partial charge in [0.2, 0.25) is 5.95 Å². The zero-order valence-corrected chi connectivity index (χ0v) is 11.8. The van der Waals surface area contributed by atoms with E-state index in [9.17, 15) is 0 Å². The molecule has 1 aromatic heterocycles. The van der Waals surface area contributed by atoms with Crippen molar-refractivity contribution >= 4 is 5.95 Å². The Kier molecular flexibility index (Phi) is 4.75. The maximum Gasteiger partial charge on any atom is 0.226 e. The summed E-state index contributed by atoms with van der Waals surface area (Å²) in [6.45, 7) is 7.46. The molecule has 0 saturated heterocycles. The molecule has 4 nitrogen and oxygen atoms in total. The van der Waals surface area contributed by atoms with Crippen molar-refractivity contribution in [3.05, 3.63) is 17.5 Å². The van der Waals surface area contributed by atoms with E-state index in [4.69, 9.17) is 6.42 Å². The summed E-state index contributed by atoms with van der Waals surface area (Å²) < 4.78 is 0. The molecule has 1 fully saturated rings. The minimum Gasteiger partial charge on any atom is -0.329 e.